The van der Waals surface area contributed by atoms with E-state index in [9.17, 15) is 19.2 Å². The van der Waals surface area contributed by atoms with Crippen LogP contribution in [0.25, 0.3) is 0 Å². The number of carbonyl (C=O) groups excluding carboxylic acids is 3. The SMILES string of the molecule is CC(=O)Oc1cccc2c1C(=O)c1c(c[nH]c(=O)c1C)C2=O. The molecule has 1 aromatic carbocycles. The summed E-state index contributed by atoms with van der Waals surface area (Å²) in [5.74, 6) is -1.46. The van der Waals surface area contributed by atoms with Gasteiger partial charge < -0.3 is 9.72 Å². The first kappa shape index (κ1) is 13.9. The molecule has 1 N–H and O–H groups in total. The van der Waals surface area contributed by atoms with Crippen molar-refractivity contribution >= 4 is 17.5 Å². The first-order chi connectivity index (χ1) is 10.4. The van der Waals surface area contributed by atoms with Crippen LogP contribution in [0.2, 0.25) is 0 Å². The number of nitrogens with one attached hydrogen (secondary N) is 1. The maximum Gasteiger partial charge on any atom is 0.308 e. The minimum atomic E-state index is -0.595. The lowest BCUT2D eigenvalue weighted by molar-refractivity contribution is -0.131. The topological polar surface area (TPSA) is 93.3 Å². The fourth-order valence-corrected chi connectivity index (χ4v) is 2.57. The monoisotopic (exact) mass is 297 g/mol. The summed E-state index contributed by atoms with van der Waals surface area (Å²) >= 11 is 0. The van der Waals surface area contributed by atoms with E-state index in [4.69, 9.17) is 4.74 Å². The van der Waals surface area contributed by atoms with Crippen LogP contribution in [0.4, 0.5) is 0 Å². The molecule has 0 saturated carbocycles. The standard InChI is InChI=1S/C16H11NO5/c1-7-12-10(6-17-16(7)21)14(19)9-4-3-5-11(22-8(2)18)13(9)15(12)20/h3-6H,1-2H3,(H,17,21). The summed E-state index contributed by atoms with van der Waals surface area (Å²) in [6.07, 6.45) is 1.24. The van der Waals surface area contributed by atoms with Crippen molar-refractivity contribution in [2.24, 2.45) is 0 Å². The number of hydrogen-bond donors (Lipinski definition) is 1. The lowest BCUT2D eigenvalue weighted by atomic mass is 9.83. The Morgan fingerprint density at radius 2 is 1.77 bits per heavy atom. The average Bonchev–Trinajstić information content (AvgIpc) is 2.47. The third-order valence-electron chi connectivity index (χ3n) is 3.56. The molecule has 1 aromatic heterocycles. The molecule has 0 unspecified atom stereocenters. The van der Waals surface area contributed by atoms with Gasteiger partial charge in [0.1, 0.15) is 5.75 Å². The van der Waals surface area contributed by atoms with Crippen LogP contribution in [-0.2, 0) is 4.79 Å². The number of aromatic nitrogens is 1. The van der Waals surface area contributed by atoms with Crippen LogP contribution in [0.15, 0.2) is 29.2 Å². The third-order valence-corrected chi connectivity index (χ3v) is 3.56. The molecule has 6 heteroatoms. The Balaban J connectivity index is 2.33. The van der Waals surface area contributed by atoms with Gasteiger partial charge in [0, 0.05) is 29.8 Å². The van der Waals surface area contributed by atoms with E-state index in [0.717, 1.165) is 0 Å². The van der Waals surface area contributed by atoms with E-state index in [1.165, 1.54) is 38.2 Å². The van der Waals surface area contributed by atoms with Crippen molar-refractivity contribution in [1.82, 2.24) is 4.98 Å². The molecule has 6 nitrogen and oxygen atoms in total. The highest BCUT2D eigenvalue weighted by molar-refractivity contribution is 6.29. The van der Waals surface area contributed by atoms with Crippen molar-refractivity contribution in [2.45, 2.75) is 13.8 Å². The second kappa shape index (κ2) is 4.77. The van der Waals surface area contributed by atoms with Crippen LogP contribution >= 0.6 is 0 Å². The number of esters is 1. The second-order valence-corrected chi connectivity index (χ2v) is 4.96. The van der Waals surface area contributed by atoms with Gasteiger partial charge in [-0.05, 0) is 13.0 Å². The van der Waals surface area contributed by atoms with E-state index in [0.29, 0.717) is 0 Å². The van der Waals surface area contributed by atoms with Crippen molar-refractivity contribution < 1.29 is 19.1 Å². The van der Waals surface area contributed by atoms with Gasteiger partial charge in [-0.3, -0.25) is 19.2 Å². The Morgan fingerprint density at radius 3 is 2.45 bits per heavy atom. The average molecular weight is 297 g/mol. The molecule has 22 heavy (non-hydrogen) atoms. The van der Waals surface area contributed by atoms with Crippen LogP contribution in [0.1, 0.15) is 44.3 Å². The Labute approximate surface area is 124 Å². The summed E-state index contributed by atoms with van der Waals surface area (Å²) in [5, 5.41) is 0. The number of H-pyrrole nitrogens is 1. The second-order valence-electron chi connectivity index (χ2n) is 4.96. The maximum atomic E-state index is 12.7. The molecule has 0 aliphatic heterocycles. The Kier molecular flexibility index (Phi) is 3.02. The summed E-state index contributed by atoms with van der Waals surface area (Å²) in [6, 6.07) is 4.47. The highest BCUT2D eigenvalue weighted by atomic mass is 16.5. The molecule has 1 heterocycles. The number of ether oxygens (including phenoxy) is 1. The molecular formula is C16H11NO5. The zero-order valence-electron chi connectivity index (χ0n) is 11.9. The summed E-state index contributed by atoms with van der Waals surface area (Å²) in [7, 11) is 0. The Bertz CT molecular complexity index is 907. The Hall–Kier alpha value is -3.02. The number of rotatable bonds is 1. The van der Waals surface area contributed by atoms with Gasteiger partial charge in [0.2, 0.25) is 0 Å². The minimum Gasteiger partial charge on any atom is -0.426 e. The fraction of sp³-hybridized carbons (Fsp3) is 0.125. The molecule has 0 amide bonds. The van der Waals surface area contributed by atoms with E-state index in [2.05, 4.69) is 4.98 Å². The summed E-state index contributed by atoms with van der Waals surface area (Å²) in [5.41, 5.74) is 0.106. The lowest BCUT2D eigenvalue weighted by Crippen LogP contribution is -2.27. The third kappa shape index (κ3) is 1.88. The van der Waals surface area contributed by atoms with Gasteiger partial charge in [-0.25, -0.2) is 0 Å². The van der Waals surface area contributed by atoms with Crippen LogP contribution in [0.5, 0.6) is 5.75 Å². The van der Waals surface area contributed by atoms with Gasteiger partial charge >= 0.3 is 5.97 Å². The van der Waals surface area contributed by atoms with Gasteiger partial charge in [0.05, 0.1) is 11.1 Å². The van der Waals surface area contributed by atoms with Crippen molar-refractivity contribution in [3.8, 4) is 5.75 Å². The molecule has 0 saturated heterocycles. The zero-order chi connectivity index (χ0) is 16.0. The number of pyridine rings is 1. The molecule has 3 rings (SSSR count). The minimum absolute atomic E-state index is 0.0175. The number of aromatic amines is 1. The van der Waals surface area contributed by atoms with E-state index in [1.807, 2.05) is 0 Å². The molecule has 110 valence electrons. The highest BCUT2D eigenvalue weighted by Gasteiger charge is 2.34. The van der Waals surface area contributed by atoms with Gasteiger partial charge in [0.25, 0.3) is 5.56 Å². The number of ketones is 2. The quantitative estimate of drug-likeness (QED) is 0.541. The molecule has 1 aliphatic carbocycles. The molecule has 0 radical (unpaired) electrons. The smallest absolute Gasteiger partial charge is 0.308 e. The lowest BCUT2D eigenvalue weighted by Gasteiger charge is -2.20. The number of carbonyl (C=O) groups is 3. The van der Waals surface area contributed by atoms with E-state index in [1.54, 1.807) is 0 Å². The maximum absolute atomic E-state index is 12.7. The predicted molar refractivity (Wildman–Crippen MR) is 76.4 cm³/mol. The van der Waals surface area contributed by atoms with Crippen molar-refractivity contribution in [1.29, 1.82) is 0 Å². The number of fused-ring (bicyclic) bond motifs is 2. The largest absolute Gasteiger partial charge is 0.426 e. The van der Waals surface area contributed by atoms with E-state index < -0.39 is 23.1 Å². The summed E-state index contributed by atoms with van der Waals surface area (Å²) in [4.78, 5) is 50.6. The first-order valence-corrected chi connectivity index (χ1v) is 6.55. The van der Waals surface area contributed by atoms with Gasteiger partial charge in [0.15, 0.2) is 11.6 Å². The van der Waals surface area contributed by atoms with Gasteiger partial charge in [-0.2, -0.15) is 0 Å². The zero-order valence-corrected chi connectivity index (χ0v) is 11.9. The van der Waals surface area contributed by atoms with Crippen LogP contribution < -0.4 is 10.3 Å². The van der Waals surface area contributed by atoms with Crippen LogP contribution in [-0.4, -0.2) is 22.5 Å². The van der Waals surface area contributed by atoms with Gasteiger partial charge in [-0.15, -0.1) is 0 Å². The van der Waals surface area contributed by atoms with Crippen LogP contribution in [0.3, 0.4) is 0 Å². The van der Waals surface area contributed by atoms with Gasteiger partial charge in [-0.1, -0.05) is 12.1 Å². The van der Waals surface area contributed by atoms with Crippen molar-refractivity contribution in [3.05, 3.63) is 62.6 Å². The van der Waals surface area contributed by atoms with Crippen molar-refractivity contribution in [2.75, 3.05) is 0 Å². The fourth-order valence-electron chi connectivity index (χ4n) is 2.57. The molecule has 0 spiro atoms. The molecule has 0 atom stereocenters. The normalized spacial score (nSPS) is 12.6. The molecule has 0 fully saturated rings. The van der Waals surface area contributed by atoms with E-state index >= 15 is 0 Å². The summed E-state index contributed by atoms with van der Waals surface area (Å²) < 4.78 is 5.02. The highest BCUT2D eigenvalue weighted by Crippen LogP contribution is 2.33. The molecular weight excluding hydrogens is 286 g/mol. The molecule has 2 aromatic rings. The van der Waals surface area contributed by atoms with Crippen molar-refractivity contribution in [3.63, 3.8) is 0 Å². The molecule has 0 bridgehead atoms. The number of benzene rings is 1. The number of hydrogen-bond acceptors (Lipinski definition) is 5. The molecule has 1 aliphatic rings. The first-order valence-electron chi connectivity index (χ1n) is 6.55. The van der Waals surface area contributed by atoms with E-state index in [-0.39, 0.29) is 33.6 Å². The Morgan fingerprint density at radius 1 is 1.05 bits per heavy atom. The predicted octanol–water partition coefficient (Wildman–Crippen LogP) is 1.38. The summed E-state index contributed by atoms with van der Waals surface area (Å²) in [6.45, 7) is 2.68. The van der Waals surface area contributed by atoms with Crippen LogP contribution in [0, 0.1) is 6.92 Å².